The number of ether oxygens (including phenoxy) is 1. The van der Waals surface area contributed by atoms with Gasteiger partial charge in [0.15, 0.2) is 0 Å². The molecule has 1 aromatic heterocycles. The smallest absolute Gasteiger partial charge is 0.0517 e. The Morgan fingerprint density at radius 2 is 2.50 bits per heavy atom. The van der Waals surface area contributed by atoms with Crippen LogP contribution in [-0.2, 0) is 18.2 Å². The number of methoxy groups -OCH3 is 1. The van der Waals surface area contributed by atoms with Crippen molar-refractivity contribution in [1.29, 1.82) is 0 Å². The van der Waals surface area contributed by atoms with E-state index in [0.717, 1.165) is 13.0 Å². The first-order valence-corrected chi connectivity index (χ1v) is 3.30. The Bertz CT molecular complexity index is 195. The van der Waals surface area contributed by atoms with E-state index < -0.39 is 0 Å². The number of hydrogen-bond acceptors (Lipinski definition) is 2. The molecular weight excluding hydrogens is 128 g/mol. The summed E-state index contributed by atoms with van der Waals surface area (Å²) < 4.78 is 6.79. The average Bonchev–Trinajstić information content (AvgIpc) is 2.31. The molecule has 0 fully saturated rings. The predicted molar refractivity (Wildman–Crippen MR) is 38.8 cm³/mol. The molecule has 56 valence electrons. The van der Waals surface area contributed by atoms with Gasteiger partial charge < -0.3 is 4.74 Å². The van der Waals surface area contributed by atoms with E-state index in [9.17, 15) is 0 Å². The van der Waals surface area contributed by atoms with Crippen LogP contribution in [0.25, 0.3) is 0 Å². The molecular formula is C7H12N2O. The Labute approximate surface area is 60.6 Å². The molecule has 1 rings (SSSR count). The van der Waals surface area contributed by atoms with Crippen molar-refractivity contribution in [1.82, 2.24) is 9.78 Å². The summed E-state index contributed by atoms with van der Waals surface area (Å²) in [5.74, 6) is 0. The summed E-state index contributed by atoms with van der Waals surface area (Å²) in [4.78, 5) is 0. The van der Waals surface area contributed by atoms with E-state index >= 15 is 0 Å². The first kappa shape index (κ1) is 7.28. The van der Waals surface area contributed by atoms with E-state index in [4.69, 9.17) is 4.74 Å². The van der Waals surface area contributed by atoms with E-state index in [1.54, 1.807) is 13.3 Å². The van der Waals surface area contributed by atoms with Crippen LogP contribution in [-0.4, -0.2) is 23.5 Å². The molecule has 1 heterocycles. The minimum Gasteiger partial charge on any atom is -0.384 e. The van der Waals surface area contributed by atoms with Crippen molar-refractivity contribution in [3.63, 3.8) is 0 Å². The van der Waals surface area contributed by atoms with Crippen LogP contribution in [0.5, 0.6) is 0 Å². The van der Waals surface area contributed by atoms with Gasteiger partial charge in [0.2, 0.25) is 0 Å². The Morgan fingerprint density at radius 3 is 3.00 bits per heavy atom. The van der Waals surface area contributed by atoms with E-state index in [0.29, 0.717) is 0 Å². The molecule has 3 nitrogen and oxygen atoms in total. The standard InChI is InChI=1S/C7H12N2O/c1-9-7(3-5-8-9)4-6-10-2/h3,5H,4,6H2,1-2H3. The average molecular weight is 140 g/mol. The maximum atomic E-state index is 4.93. The molecule has 0 atom stereocenters. The largest absolute Gasteiger partial charge is 0.384 e. The highest BCUT2D eigenvalue weighted by molar-refractivity contribution is 4.99. The molecule has 0 saturated carbocycles. The van der Waals surface area contributed by atoms with Gasteiger partial charge in [0, 0.05) is 32.5 Å². The highest BCUT2D eigenvalue weighted by Crippen LogP contribution is 1.96. The summed E-state index contributed by atoms with van der Waals surface area (Å²) in [5.41, 5.74) is 1.21. The van der Waals surface area contributed by atoms with Gasteiger partial charge in [0.1, 0.15) is 0 Å². The quantitative estimate of drug-likeness (QED) is 0.615. The number of hydrogen-bond donors (Lipinski definition) is 0. The fourth-order valence-corrected chi connectivity index (χ4v) is 0.853. The van der Waals surface area contributed by atoms with Crippen LogP contribution >= 0.6 is 0 Å². The van der Waals surface area contributed by atoms with Gasteiger partial charge in [-0.15, -0.1) is 0 Å². The molecule has 3 heteroatoms. The fourth-order valence-electron chi connectivity index (χ4n) is 0.853. The summed E-state index contributed by atoms with van der Waals surface area (Å²) >= 11 is 0. The lowest BCUT2D eigenvalue weighted by Crippen LogP contribution is -2.01. The predicted octanol–water partition coefficient (Wildman–Crippen LogP) is 0.609. The molecule has 10 heavy (non-hydrogen) atoms. The van der Waals surface area contributed by atoms with Crippen molar-refractivity contribution in [2.45, 2.75) is 6.42 Å². The van der Waals surface area contributed by atoms with Crippen LogP contribution in [0, 0.1) is 0 Å². The first-order valence-electron chi connectivity index (χ1n) is 3.30. The second-order valence-electron chi connectivity index (χ2n) is 2.19. The lowest BCUT2D eigenvalue weighted by molar-refractivity contribution is 0.200. The fraction of sp³-hybridized carbons (Fsp3) is 0.571. The van der Waals surface area contributed by atoms with Gasteiger partial charge in [-0.1, -0.05) is 0 Å². The van der Waals surface area contributed by atoms with E-state index in [1.165, 1.54) is 5.69 Å². The number of aryl methyl sites for hydroxylation is 1. The third-order valence-corrected chi connectivity index (χ3v) is 1.48. The lowest BCUT2D eigenvalue weighted by Gasteiger charge is -1.98. The molecule has 1 aromatic rings. The Morgan fingerprint density at radius 1 is 1.70 bits per heavy atom. The van der Waals surface area contributed by atoms with E-state index in [1.807, 2.05) is 17.8 Å². The highest BCUT2D eigenvalue weighted by atomic mass is 16.5. The van der Waals surface area contributed by atoms with Crippen molar-refractivity contribution in [2.24, 2.45) is 7.05 Å². The summed E-state index contributed by atoms with van der Waals surface area (Å²) in [7, 11) is 3.64. The zero-order chi connectivity index (χ0) is 7.40. The molecule has 0 saturated heterocycles. The molecule has 0 radical (unpaired) electrons. The van der Waals surface area contributed by atoms with E-state index in [2.05, 4.69) is 5.10 Å². The number of nitrogens with zero attached hydrogens (tertiary/aromatic N) is 2. The summed E-state index contributed by atoms with van der Waals surface area (Å²) in [6, 6.07) is 2.00. The Balaban J connectivity index is 2.49. The van der Waals surface area contributed by atoms with Crippen molar-refractivity contribution in [3.05, 3.63) is 18.0 Å². The second-order valence-corrected chi connectivity index (χ2v) is 2.19. The molecule has 0 unspecified atom stereocenters. The molecule has 0 spiro atoms. The highest BCUT2D eigenvalue weighted by Gasteiger charge is 1.95. The molecule has 0 bridgehead atoms. The van der Waals surface area contributed by atoms with Crippen molar-refractivity contribution >= 4 is 0 Å². The second kappa shape index (κ2) is 3.37. The van der Waals surface area contributed by atoms with Crippen molar-refractivity contribution in [2.75, 3.05) is 13.7 Å². The molecule has 0 N–H and O–H groups in total. The molecule has 0 aromatic carbocycles. The lowest BCUT2D eigenvalue weighted by atomic mass is 10.3. The van der Waals surface area contributed by atoms with Gasteiger partial charge in [-0.05, 0) is 6.07 Å². The van der Waals surface area contributed by atoms with Gasteiger partial charge in [-0.3, -0.25) is 4.68 Å². The number of aromatic nitrogens is 2. The summed E-state index contributed by atoms with van der Waals surface area (Å²) in [6.07, 6.45) is 2.73. The third kappa shape index (κ3) is 1.57. The number of rotatable bonds is 3. The topological polar surface area (TPSA) is 27.1 Å². The van der Waals surface area contributed by atoms with Crippen molar-refractivity contribution in [3.8, 4) is 0 Å². The zero-order valence-electron chi connectivity index (χ0n) is 6.37. The third-order valence-electron chi connectivity index (χ3n) is 1.48. The summed E-state index contributed by atoms with van der Waals surface area (Å²) in [5, 5.41) is 4.03. The monoisotopic (exact) mass is 140 g/mol. The van der Waals surface area contributed by atoms with Crippen molar-refractivity contribution < 1.29 is 4.74 Å². The van der Waals surface area contributed by atoms with Gasteiger partial charge >= 0.3 is 0 Å². The molecule has 0 aliphatic carbocycles. The maximum absolute atomic E-state index is 4.93. The van der Waals surface area contributed by atoms with Gasteiger partial charge in [0.25, 0.3) is 0 Å². The molecule has 0 amide bonds. The SMILES string of the molecule is COCCc1ccnn1C. The maximum Gasteiger partial charge on any atom is 0.0517 e. The first-order chi connectivity index (χ1) is 4.84. The van der Waals surface area contributed by atoms with Gasteiger partial charge in [0.05, 0.1) is 6.61 Å². The van der Waals surface area contributed by atoms with Crippen LogP contribution < -0.4 is 0 Å². The van der Waals surface area contributed by atoms with Crippen LogP contribution in [0.3, 0.4) is 0 Å². The minimum atomic E-state index is 0.763. The van der Waals surface area contributed by atoms with Gasteiger partial charge in [-0.2, -0.15) is 5.10 Å². The molecule has 0 aliphatic heterocycles. The minimum absolute atomic E-state index is 0.763. The Hall–Kier alpha value is -0.830. The van der Waals surface area contributed by atoms with Gasteiger partial charge in [-0.25, -0.2) is 0 Å². The molecule has 0 aliphatic rings. The Kier molecular flexibility index (Phi) is 2.45. The van der Waals surface area contributed by atoms with Crippen LogP contribution in [0.15, 0.2) is 12.3 Å². The summed E-state index contributed by atoms with van der Waals surface area (Å²) in [6.45, 7) is 0.763. The normalized spacial score (nSPS) is 10.2. The van der Waals surface area contributed by atoms with E-state index in [-0.39, 0.29) is 0 Å². The van der Waals surface area contributed by atoms with Crippen LogP contribution in [0.1, 0.15) is 5.69 Å². The van der Waals surface area contributed by atoms with Crippen LogP contribution in [0.2, 0.25) is 0 Å². The van der Waals surface area contributed by atoms with Crippen LogP contribution in [0.4, 0.5) is 0 Å². The zero-order valence-corrected chi connectivity index (χ0v) is 6.37.